The first kappa shape index (κ1) is 14.4. The van der Waals surface area contributed by atoms with Crippen LogP contribution in [0.5, 0.6) is 0 Å². The zero-order valence-corrected chi connectivity index (χ0v) is 11.4. The summed E-state index contributed by atoms with van der Waals surface area (Å²) in [6.45, 7) is 5.68. The van der Waals surface area contributed by atoms with Crippen LogP contribution in [0.4, 0.5) is 0 Å². The molecule has 0 aliphatic rings. The van der Waals surface area contributed by atoms with E-state index in [1.807, 2.05) is 11.7 Å². The van der Waals surface area contributed by atoms with E-state index in [0.29, 0.717) is 13.1 Å². The first-order valence-corrected chi connectivity index (χ1v) is 6.34. The molecule has 0 fully saturated rings. The molecule has 1 aromatic heterocycles. The molecule has 0 radical (unpaired) electrons. The van der Waals surface area contributed by atoms with Crippen molar-refractivity contribution in [2.75, 3.05) is 26.2 Å². The number of aryl methyl sites for hydroxylation is 2. The molecule has 0 aliphatic heterocycles. The van der Waals surface area contributed by atoms with Gasteiger partial charge in [0.25, 0.3) is 0 Å². The molecule has 0 saturated heterocycles. The number of rotatable bonds is 7. The molecule has 0 bridgehead atoms. The molecule has 1 heterocycles. The third-order valence-electron chi connectivity index (χ3n) is 2.77. The first-order valence-electron chi connectivity index (χ1n) is 5.96. The van der Waals surface area contributed by atoms with Crippen LogP contribution in [0.1, 0.15) is 18.3 Å². The second-order valence-corrected chi connectivity index (χ2v) is 4.42. The fourth-order valence-electron chi connectivity index (χ4n) is 1.84. The quantitative estimate of drug-likeness (QED) is 0.741. The molecular formula is C11H22ClN5. The Morgan fingerprint density at radius 1 is 1.29 bits per heavy atom. The van der Waals surface area contributed by atoms with Gasteiger partial charge in [0.15, 0.2) is 0 Å². The summed E-state index contributed by atoms with van der Waals surface area (Å²) < 4.78 is 1.85. The van der Waals surface area contributed by atoms with E-state index in [9.17, 15) is 0 Å². The topological polar surface area (TPSA) is 73.1 Å². The lowest BCUT2D eigenvalue weighted by Gasteiger charge is -2.20. The highest BCUT2D eigenvalue weighted by Gasteiger charge is 2.15. The van der Waals surface area contributed by atoms with Crippen LogP contribution in [0.25, 0.3) is 0 Å². The van der Waals surface area contributed by atoms with Crippen molar-refractivity contribution in [3.05, 3.63) is 16.4 Å². The lowest BCUT2D eigenvalue weighted by atomic mass is 10.3. The minimum absolute atomic E-state index is 0.621. The van der Waals surface area contributed by atoms with Gasteiger partial charge in [-0.2, -0.15) is 5.10 Å². The number of aromatic nitrogens is 2. The van der Waals surface area contributed by atoms with Gasteiger partial charge < -0.3 is 11.5 Å². The summed E-state index contributed by atoms with van der Waals surface area (Å²) in [7, 11) is 1.92. The molecule has 0 aromatic carbocycles. The Bertz CT molecular complexity index is 344. The minimum atomic E-state index is 0.621. The Kier molecular flexibility index (Phi) is 5.91. The SMILES string of the molecule is CCc1nn(C)c(CN(CCN)CCN)c1Cl. The zero-order valence-electron chi connectivity index (χ0n) is 10.6. The van der Waals surface area contributed by atoms with E-state index in [4.69, 9.17) is 23.1 Å². The monoisotopic (exact) mass is 259 g/mol. The Balaban J connectivity index is 2.80. The largest absolute Gasteiger partial charge is 0.329 e. The van der Waals surface area contributed by atoms with Gasteiger partial charge in [-0.15, -0.1) is 0 Å². The van der Waals surface area contributed by atoms with Gasteiger partial charge in [-0.05, 0) is 6.42 Å². The lowest BCUT2D eigenvalue weighted by Crippen LogP contribution is -2.34. The highest BCUT2D eigenvalue weighted by Crippen LogP contribution is 2.21. The summed E-state index contributed by atoms with van der Waals surface area (Å²) in [4.78, 5) is 2.20. The predicted octanol–water partition coefficient (Wildman–Crippen LogP) is 0.355. The van der Waals surface area contributed by atoms with Crippen molar-refractivity contribution < 1.29 is 0 Å². The Labute approximate surface area is 108 Å². The van der Waals surface area contributed by atoms with E-state index in [1.54, 1.807) is 0 Å². The molecule has 4 N–H and O–H groups in total. The highest BCUT2D eigenvalue weighted by atomic mass is 35.5. The number of hydrogen-bond acceptors (Lipinski definition) is 4. The Hall–Kier alpha value is -0.620. The molecule has 0 amide bonds. The number of hydrogen-bond donors (Lipinski definition) is 2. The molecular weight excluding hydrogens is 238 g/mol. The van der Waals surface area contributed by atoms with E-state index in [1.165, 1.54) is 0 Å². The molecule has 1 aromatic rings. The van der Waals surface area contributed by atoms with Crippen LogP contribution in [0.2, 0.25) is 5.02 Å². The van der Waals surface area contributed by atoms with Crippen LogP contribution in [0.3, 0.4) is 0 Å². The van der Waals surface area contributed by atoms with Gasteiger partial charge in [0, 0.05) is 39.8 Å². The van der Waals surface area contributed by atoms with Gasteiger partial charge in [0.05, 0.1) is 16.4 Å². The molecule has 0 unspecified atom stereocenters. The highest BCUT2D eigenvalue weighted by molar-refractivity contribution is 6.31. The number of halogens is 1. The van der Waals surface area contributed by atoms with Crippen LogP contribution in [-0.2, 0) is 20.0 Å². The van der Waals surface area contributed by atoms with Crippen molar-refractivity contribution in [1.82, 2.24) is 14.7 Å². The van der Waals surface area contributed by atoms with Crippen molar-refractivity contribution in [1.29, 1.82) is 0 Å². The van der Waals surface area contributed by atoms with Crippen LogP contribution in [0, 0.1) is 0 Å². The maximum Gasteiger partial charge on any atom is 0.0863 e. The summed E-state index contributed by atoms with van der Waals surface area (Å²) >= 11 is 6.30. The molecule has 0 saturated carbocycles. The zero-order chi connectivity index (χ0) is 12.8. The summed E-state index contributed by atoms with van der Waals surface area (Å²) in [5, 5.41) is 5.17. The third kappa shape index (κ3) is 3.67. The van der Waals surface area contributed by atoms with Crippen molar-refractivity contribution in [2.24, 2.45) is 18.5 Å². The predicted molar refractivity (Wildman–Crippen MR) is 71.0 cm³/mol. The minimum Gasteiger partial charge on any atom is -0.329 e. The molecule has 0 atom stereocenters. The number of nitrogens with two attached hydrogens (primary N) is 2. The molecule has 17 heavy (non-hydrogen) atoms. The van der Waals surface area contributed by atoms with Gasteiger partial charge in [0.2, 0.25) is 0 Å². The van der Waals surface area contributed by atoms with Crippen LogP contribution >= 0.6 is 11.6 Å². The average Bonchev–Trinajstić information content (AvgIpc) is 2.57. The molecule has 6 heteroatoms. The molecule has 0 spiro atoms. The van der Waals surface area contributed by atoms with E-state index in [0.717, 1.165) is 42.5 Å². The maximum absolute atomic E-state index is 6.30. The second kappa shape index (κ2) is 6.96. The fourth-order valence-corrected chi connectivity index (χ4v) is 2.19. The molecule has 0 aliphatic carbocycles. The van der Waals surface area contributed by atoms with Gasteiger partial charge in [-0.25, -0.2) is 0 Å². The summed E-state index contributed by atoms with van der Waals surface area (Å²) in [5.41, 5.74) is 13.1. The maximum atomic E-state index is 6.30. The van der Waals surface area contributed by atoms with E-state index >= 15 is 0 Å². The first-order chi connectivity index (χ1) is 8.13. The van der Waals surface area contributed by atoms with Crippen LogP contribution in [0.15, 0.2) is 0 Å². The Morgan fingerprint density at radius 2 is 1.88 bits per heavy atom. The van der Waals surface area contributed by atoms with Gasteiger partial charge in [-0.1, -0.05) is 18.5 Å². The van der Waals surface area contributed by atoms with E-state index in [2.05, 4.69) is 16.9 Å². The number of nitrogens with zero attached hydrogens (tertiary/aromatic N) is 3. The lowest BCUT2D eigenvalue weighted by molar-refractivity contribution is 0.273. The second-order valence-electron chi connectivity index (χ2n) is 4.04. The van der Waals surface area contributed by atoms with Crippen molar-refractivity contribution in [3.8, 4) is 0 Å². The summed E-state index contributed by atoms with van der Waals surface area (Å²) in [6, 6.07) is 0. The normalized spacial score (nSPS) is 11.4. The van der Waals surface area contributed by atoms with E-state index in [-0.39, 0.29) is 0 Å². The van der Waals surface area contributed by atoms with Gasteiger partial charge >= 0.3 is 0 Å². The van der Waals surface area contributed by atoms with Gasteiger partial charge in [0.1, 0.15) is 0 Å². The molecule has 1 rings (SSSR count). The Morgan fingerprint density at radius 3 is 2.29 bits per heavy atom. The van der Waals surface area contributed by atoms with Crippen molar-refractivity contribution in [3.63, 3.8) is 0 Å². The molecule has 5 nitrogen and oxygen atoms in total. The van der Waals surface area contributed by atoms with Gasteiger partial charge in [-0.3, -0.25) is 9.58 Å². The standard InChI is InChI=1S/C11H22ClN5/c1-3-9-11(12)10(16(2)15-9)8-17(6-4-13)7-5-14/h3-8,13-14H2,1-2H3. The molecule has 98 valence electrons. The van der Waals surface area contributed by atoms with E-state index < -0.39 is 0 Å². The smallest absolute Gasteiger partial charge is 0.0863 e. The summed E-state index contributed by atoms with van der Waals surface area (Å²) in [6.07, 6.45) is 0.848. The fraction of sp³-hybridized carbons (Fsp3) is 0.727. The van der Waals surface area contributed by atoms with Crippen LogP contribution < -0.4 is 11.5 Å². The van der Waals surface area contributed by atoms with Crippen LogP contribution in [-0.4, -0.2) is 40.9 Å². The third-order valence-corrected chi connectivity index (χ3v) is 3.20. The average molecular weight is 260 g/mol. The van der Waals surface area contributed by atoms with Crippen molar-refractivity contribution in [2.45, 2.75) is 19.9 Å². The summed E-state index contributed by atoms with van der Waals surface area (Å²) in [5.74, 6) is 0. The van der Waals surface area contributed by atoms with Crippen molar-refractivity contribution >= 4 is 11.6 Å².